The molecule has 0 aliphatic carbocycles. The van der Waals surface area contributed by atoms with Gasteiger partial charge in [0.15, 0.2) is 0 Å². The number of nitrogens with zero attached hydrogens (tertiary/aromatic N) is 1. The van der Waals surface area contributed by atoms with Crippen molar-refractivity contribution < 1.29 is 58.3 Å². The molecule has 2 aromatic rings. The van der Waals surface area contributed by atoms with Gasteiger partial charge in [-0.15, -0.1) is 0 Å². The molecule has 1 aliphatic heterocycles. The number of allylic oxidation sites excluding steroid dienone is 1. The summed E-state index contributed by atoms with van der Waals surface area (Å²) in [7, 11) is 0. The van der Waals surface area contributed by atoms with E-state index < -0.39 is 99.0 Å². The van der Waals surface area contributed by atoms with Gasteiger partial charge in [0.2, 0.25) is 5.91 Å². The fourth-order valence-electron chi connectivity index (χ4n) is 4.04. The standard InChI is InChI=1S/C23H13Cl3F10N2O3/c24-13-3-8(4-14(25)18(13)26)12(22(31,32)33)5-15(27)9-1-2-10(19(37)39)17(23(34,35)36)16(9)11-6-41-38(20(11)40)7-21(28,29)30/h1-5,11-12H,6-7H2,(H2,37,39)/b15-5-/t11-,12?/m0/s1. The quantitative estimate of drug-likeness (QED) is 0.253. The summed E-state index contributed by atoms with van der Waals surface area (Å²) >= 11 is 17.3. The second-order valence-electron chi connectivity index (χ2n) is 8.48. The molecule has 2 atom stereocenters. The van der Waals surface area contributed by atoms with Crippen LogP contribution in [0.3, 0.4) is 0 Å². The first-order valence-corrected chi connectivity index (χ1v) is 11.9. The fourth-order valence-corrected chi connectivity index (χ4v) is 4.65. The van der Waals surface area contributed by atoms with Crippen LogP contribution in [0.25, 0.3) is 5.83 Å². The second-order valence-corrected chi connectivity index (χ2v) is 9.67. The van der Waals surface area contributed by atoms with Gasteiger partial charge < -0.3 is 5.73 Å². The molecule has 2 N–H and O–H groups in total. The van der Waals surface area contributed by atoms with Gasteiger partial charge in [-0.3, -0.25) is 14.4 Å². The number of hydroxylamine groups is 2. The minimum Gasteiger partial charge on any atom is -0.366 e. The minimum atomic E-state index is -5.59. The molecule has 0 spiro atoms. The van der Waals surface area contributed by atoms with Gasteiger partial charge in [0.25, 0.3) is 5.91 Å². The molecule has 5 nitrogen and oxygen atoms in total. The minimum absolute atomic E-state index is 0.160. The molecule has 1 unspecified atom stereocenters. The van der Waals surface area contributed by atoms with E-state index >= 15 is 4.39 Å². The average Bonchev–Trinajstić information content (AvgIpc) is 3.16. The van der Waals surface area contributed by atoms with Gasteiger partial charge in [0.05, 0.1) is 38.7 Å². The molecule has 0 aromatic heterocycles. The van der Waals surface area contributed by atoms with Crippen LogP contribution in [0, 0.1) is 0 Å². The number of hydrogen-bond acceptors (Lipinski definition) is 3. The summed E-state index contributed by atoms with van der Waals surface area (Å²) in [5, 5.41) is -1.61. The third-order valence-electron chi connectivity index (χ3n) is 5.69. The van der Waals surface area contributed by atoms with E-state index in [2.05, 4.69) is 4.84 Å². The van der Waals surface area contributed by atoms with Crippen LogP contribution in [0.15, 0.2) is 30.3 Å². The molecule has 2 amide bonds. The molecular formula is C23H13Cl3F10N2O3. The van der Waals surface area contributed by atoms with E-state index in [0.717, 1.165) is 0 Å². The lowest BCUT2D eigenvalue weighted by molar-refractivity contribution is -0.214. The van der Waals surface area contributed by atoms with E-state index in [-0.39, 0.29) is 16.2 Å². The SMILES string of the molecule is NC(=O)c1ccc(/C(F)=C/C(c2cc(Cl)c(Cl)c(Cl)c2)C(F)(F)F)c([C@@H]2CON(CC(F)(F)F)C2=O)c1C(F)(F)F. The molecular weight excluding hydrogens is 649 g/mol. The number of rotatable bonds is 6. The molecule has 1 aliphatic rings. The maximum absolute atomic E-state index is 15.6. The number of halogens is 13. The Morgan fingerprint density at radius 1 is 1.02 bits per heavy atom. The highest BCUT2D eigenvalue weighted by atomic mass is 35.5. The first kappa shape index (κ1) is 32.8. The zero-order valence-corrected chi connectivity index (χ0v) is 21.9. The van der Waals surface area contributed by atoms with E-state index in [1.807, 2.05) is 0 Å². The normalized spacial score (nSPS) is 17.8. The summed E-state index contributed by atoms with van der Waals surface area (Å²) < 4.78 is 139. The maximum atomic E-state index is 15.6. The molecule has 0 bridgehead atoms. The van der Waals surface area contributed by atoms with Crippen LogP contribution >= 0.6 is 34.8 Å². The lowest BCUT2D eigenvalue weighted by Gasteiger charge is -2.23. The first-order chi connectivity index (χ1) is 18.6. The smallest absolute Gasteiger partial charge is 0.366 e. The van der Waals surface area contributed by atoms with Crippen LogP contribution in [0.4, 0.5) is 43.9 Å². The number of carbonyl (C=O) groups is 2. The molecule has 2 aromatic carbocycles. The van der Waals surface area contributed by atoms with Crippen molar-refractivity contribution in [2.45, 2.75) is 30.4 Å². The Labute approximate surface area is 238 Å². The van der Waals surface area contributed by atoms with E-state index in [0.29, 0.717) is 24.3 Å². The molecule has 1 fully saturated rings. The van der Waals surface area contributed by atoms with Crippen molar-refractivity contribution in [1.29, 1.82) is 0 Å². The van der Waals surface area contributed by atoms with Gasteiger partial charge in [-0.2, -0.15) is 39.5 Å². The van der Waals surface area contributed by atoms with Crippen molar-refractivity contribution in [2.24, 2.45) is 5.73 Å². The molecule has 0 saturated carbocycles. The Morgan fingerprint density at radius 2 is 1.56 bits per heavy atom. The number of alkyl halides is 9. The fraction of sp³-hybridized carbons (Fsp3) is 0.304. The van der Waals surface area contributed by atoms with Crippen molar-refractivity contribution in [2.75, 3.05) is 13.2 Å². The van der Waals surface area contributed by atoms with Crippen molar-refractivity contribution in [3.63, 3.8) is 0 Å². The molecule has 41 heavy (non-hydrogen) atoms. The van der Waals surface area contributed by atoms with Crippen LogP contribution < -0.4 is 5.73 Å². The van der Waals surface area contributed by atoms with Gasteiger partial charge >= 0.3 is 18.5 Å². The Bertz CT molecular complexity index is 1380. The van der Waals surface area contributed by atoms with Crippen molar-refractivity contribution >= 4 is 52.4 Å². The summed E-state index contributed by atoms with van der Waals surface area (Å²) in [6.07, 6.45) is -16.1. The number of primary amides is 1. The van der Waals surface area contributed by atoms with Crippen LogP contribution in [-0.2, 0) is 15.8 Å². The highest BCUT2D eigenvalue weighted by Gasteiger charge is 2.48. The van der Waals surface area contributed by atoms with E-state index in [9.17, 15) is 49.1 Å². The Balaban J connectivity index is 2.30. The summed E-state index contributed by atoms with van der Waals surface area (Å²) in [6, 6.07) is 2.15. The van der Waals surface area contributed by atoms with Crippen molar-refractivity contribution in [3.05, 3.63) is 73.2 Å². The predicted octanol–water partition coefficient (Wildman–Crippen LogP) is 7.84. The van der Waals surface area contributed by atoms with Gasteiger partial charge in [-0.1, -0.05) is 40.9 Å². The third-order valence-corrected chi connectivity index (χ3v) is 6.89. The second kappa shape index (κ2) is 11.5. The predicted molar refractivity (Wildman–Crippen MR) is 126 cm³/mol. The molecule has 1 saturated heterocycles. The number of amides is 2. The number of carbonyl (C=O) groups excluding carboxylic acids is 2. The summed E-state index contributed by atoms with van der Waals surface area (Å²) in [5.41, 5.74) is -1.89. The number of nitrogens with two attached hydrogens (primary N) is 1. The Kier molecular flexibility index (Phi) is 9.19. The Hall–Kier alpha value is -2.75. The van der Waals surface area contributed by atoms with E-state index in [4.69, 9.17) is 40.5 Å². The monoisotopic (exact) mass is 660 g/mol. The number of hydrogen-bond donors (Lipinski definition) is 1. The van der Waals surface area contributed by atoms with Crippen molar-refractivity contribution in [3.8, 4) is 0 Å². The molecule has 18 heteroatoms. The molecule has 1 heterocycles. The molecule has 224 valence electrons. The van der Waals surface area contributed by atoms with Gasteiger partial charge in [-0.05, 0) is 35.4 Å². The van der Waals surface area contributed by atoms with Crippen LogP contribution in [0.2, 0.25) is 15.1 Å². The zero-order valence-electron chi connectivity index (χ0n) is 19.6. The largest absolute Gasteiger partial charge is 0.417 e. The lowest BCUT2D eigenvalue weighted by Crippen LogP contribution is -2.35. The van der Waals surface area contributed by atoms with Crippen LogP contribution in [-0.4, -0.2) is 42.4 Å². The summed E-state index contributed by atoms with van der Waals surface area (Å²) in [5.74, 6) is -10.7. The molecule has 3 rings (SSSR count). The Morgan fingerprint density at radius 3 is 2.02 bits per heavy atom. The average molecular weight is 662 g/mol. The van der Waals surface area contributed by atoms with Crippen LogP contribution in [0.5, 0.6) is 0 Å². The van der Waals surface area contributed by atoms with E-state index in [1.165, 1.54) is 0 Å². The van der Waals surface area contributed by atoms with Gasteiger partial charge in [0.1, 0.15) is 18.3 Å². The lowest BCUT2D eigenvalue weighted by atomic mass is 9.85. The number of benzene rings is 2. The summed E-state index contributed by atoms with van der Waals surface area (Å²) in [6.45, 7) is -3.27. The highest BCUT2D eigenvalue weighted by Crippen LogP contribution is 2.46. The first-order valence-electron chi connectivity index (χ1n) is 10.8. The highest BCUT2D eigenvalue weighted by molar-refractivity contribution is 6.48. The zero-order chi connectivity index (χ0) is 31.2. The topological polar surface area (TPSA) is 72.6 Å². The van der Waals surface area contributed by atoms with E-state index in [1.54, 1.807) is 0 Å². The van der Waals surface area contributed by atoms with Crippen molar-refractivity contribution in [1.82, 2.24) is 5.06 Å². The molecule has 0 radical (unpaired) electrons. The summed E-state index contributed by atoms with van der Waals surface area (Å²) in [4.78, 5) is 29.0. The maximum Gasteiger partial charge on any atom is 0.417 e. The van der Waals surface area contributed by atoms with Gasteiger partial charge in [-0.25, -0.2) is 9.45 Å². The third kappa shape index (κ3) is 7.19. The van der Waals surface area contributed by atoms with Gasteiger partial charge in [0, 0.05) is 5.56 Å². The van der Waals surface area contributed by atoms with Crippen LogP contribution in [0.1, 0.15) is 44.4 Å².